The predicted molar refractivity (Wildman–Crippen MR) is 63.0 cm³/mol. The molecule has 84 valence electrons. The van der Waals surface area contributed by atoms with Crippen LogP contribution >= 0.6 is 23.2 Å². The number of halogens is 2. The second-order valence-electron chi connectivity index (χ2n) is 3.09. The molecule has 0 radical (unpaired) electrons. The Bertz CT molecular complexity index is 459. The Morgan fingerprint density at radius 3 is 3.00 bits per heavy atom. The van der Waals surface area contributed by atoms with Crippen LogP contribution in [-0.2, 0) is 6.42 Å². The van der Waals surface area contributed by atoms with Gasteiger partial charge in [-0.3, -0.25) is 0 Å². The fourth-order valence-corrected chi connectivity index (χ4v) is 1.52. The number of furan rings is 1. The molecule has 16 heavy (non-hydrogen) atoms. The van der Waals surface area contributed by atoms with Crippen molar-refractivity contribution in [2.24, 2.45) is 0 Å². The SMILES string of the molecule is Clc1ncc(Cl)c(NCCc2ccco2)n1. The maximum atomic E-state index is 5.89. The molecular weight excluding hydrogens is 249 g/mol. The minimum atomic E-state index is 0.171. The first-order chi connectivity index (χ1) is 7.75. The van der Waals surface area contributed by atoms with Crippen molar-refractivity contribution in [2.45, 2.75) is 6.42 Å². The lowest BCUT2D eigenvalue weighted by Crippen LogP contribution is -2.06. The van der Waals surface area contributed by atoms with Gasteiger partial charge in [-0.15, -0.1) is 0 Å². The summed E-state index contributed by atoms with van der Waals surface area (Å²) in [5.41, 5.74) is 0. The first-order valence-electron chi connectivity index (χ1n) is 4.70. The summed E-state index contributed by atoms with van der Waals surface area (Å²) in [6.45, 7) is 0.667. The molecule has 0 aliphatic heterocycles. The summed E-state index contributed by atoms with van der Waals surface area (Å²) in [6.07, 6.45) is 3.86. The molecule has 2 heterocycles. The van der Waals surface area contributed by atoms with Crippen LogP contribution in [0.5, 0.6) is 0 Å². The average Bonchev–Trinajstić information content (AvgIpc) is 2.76. The highest BCUT2D eigenvalue weighted by atomic mass is 35.5. The van der Waals surface area contributed by atoms with Crippen LogP contribution in [-0.4, -0.2) is 16.5 Å². The van der Waals surface area contributed by atoms with Gasteiger partial charge in [0, 0.05) is 13.0 Å². The molecule has 0 spiro atoms. The Balaban J connectivity index is 1.92. The summed E-state index contributed by atoms with van der Waals surface area (Å²) < 4.78 is 5.19. The third kappa shape index (κ3) is 2.87. The van der Waals surface area contributed by atoms with E-state index in [2.05, 4.69) is 15.3 Å². The quantitative estimate of drug-likeness (QED) is 0.856. The van der Waals surface area contributed by atoms with Gasteiger partial charge in [-0.2, -0.15) is 4.98 Å². The van der Waals surface area contributed by atoms with E-state index in [1.54, 1.807) is 6.26 Å². The van der Waals surface area contributed by atoms with E-state index in [1.165, 1.54) is 6.20 Å². The highest BCUT2D eigenvalue weighted by molar-refractivity contribution is 6.33. The van der Waals surface area contributed by atoms with Gasteiger partial charge in [-0.1, -0.05) is 11.6 Å². The zero-order valence-corrected chi connectivity index (χ0v) is 9.79. The third-order valence-electron chi connectivity index (χ3n) is 1.96. The standard InChI is InChI=1S/C10H9Cl2N3O/c11-8-6-14-10(12)15-9(8)13-4-3-7-2-1-5-16-7/h1-2,5-6H,3-4H2,(H,13,14,15). The Labute approximate surface area is 103 Å². The molecule has 0 atom stereocenters. The summed E-state index contributed by atoms with van der Waals surface area (Å²) >= 11 is 11.5. The first-order valence-corrected chi connectivity index (χ1v) is 5.45. The first kappa shape index (κ1) is 11.2. The maximum absolute atomic E-state index is 5.89. The lowest BCUT2D eigenvalue weighted by atomic mass is 10.3. The van der Waals surface area contributed by atoms with Crippen molar-refractivity contribution in [1.29, 1.82) is 0 Å². The minimum absolute atomic E-state index is 0.171. The van der Waals surface area contributed by atoms with E-state index in [0.29, 0.717) is 17.4 Å². The van der Waals surface area contributed by atoms with Gasteiger partial charge in [-0.05, 0) is 23.7 Å². The summed E-state index contributed by atoms with van der Waals surface area (Å²) in [5, 5.41) is 3.68. The molecule has 1 N–H and O–H groups in total. The molecule has 0 fully saturated rings. The molecule has 2 aromatic rings. The van der Waals surface area contributed by atoms with Crippen LogP contribution < -0.4 is 5.32 Å². The fourth-order valence-electron chi connectivity index (χ4n) is 1.23. The van der Waals surface area contributed by atoms with E-state index in [-0.39, 0.29) is 5.28 Å². The van der Waals surface area contributed by atoms with E-state index in [1.807, 2.05) is 12.1 Å². The van der Waals surface area contributed by atoms with Gasteiger partial charge < -0.3 is 9.73 Å². The molecule has 6 heteroatoms. The molecule has 4 nitrogen and oxygen atoms in total. The van der Waals surface area contributed by atoms with E-state index in [0.717, 1.165) is 12.2 Å². The van der Waals surface area contributed by atoms with Gasteiger partial charge >= 0.3 is 0 Å². The van der Waals surface area contributed by atoms with Crippen LogP contribution in [0.4, 0.5) is 5.82 Å². The second kappa shape index (κ2) is 5.18. The largest absolute Gasteiger partial charge is 0.469 e. The second-order valence-corrected chi connectivity index (χ2v) is 3.84. The van der Waals surface area contributed by atoms with Gasteiger partial charge in [0.05, 0.1) is 12.5 Å². The molecule has 0 unspecified atom stereocenters. The zero-order chi connectivity index (χ0) is 11.4. The number of rotatable bonds is 4. The van der Waals surface area contributed by atoms with Gasteiger partial charge in [0.1, 0.15) is 16.6 Å². The van der Waals surface area contributed by atoms with Crippen molar-refractivity contribution < 1.29 is 4.42 Å². The normalized spacial score (nSPS) is 10.4. The third-order valence-corrected chi connectivity index (χ3v) is 2.42. The number of hydrogen-bond acceptors (Lipinski definition) is 4. The summed E-state index contributed by atoms with van der Waals surface area (Å²) in [5.74, 6) is 1.44. The van der Waals surface area contributed by atoms with Gasteiger partial charge in [0.2, 0.25) is 5.28 Å². The van der Waals surface area contributed by atoms with Crippen molar-refractivity contribution >= 4 is 29.0 Å². The molecule has 0 amide bonds. The Kier molecular flexibility index (Phi) is 3.64. The van der Waals surface area contributed by atoms with Gasteiger partial charge in [0.25, 0.3) is 0 Å². The smallest absolute Gasteiger partial charge is 0.224 e. The van der Waals surface area contributed by atoms with Crippen molar-refractivity contribution in [3.8, 4) is 0 Å². The lowest BCUT2D eigenvalue weighted by Gasteiger charge is -2.05. The zero-order valence-electron chi connectivity index (χ0n) is 8.28. The Hall–Kier alpha value is -1.26. The van der Waals surface area contributed by atoms with Crippen LogP contribution in [0.3, 0.4) is 0 Å². The number of nitrogens with zero attached hydrogens (tertiary/aromatic N) is 2. The summed E-state index contributed by atoms with van der Waals surface area (Å²) in [4.78, 5) is 7.73. The molecule has 0 aromatic carbocycles. The Morgan fingerprint density at radius 1 is 1.38 bits per heavy atom. The number of aromatic nitrogens is 2. The Morgan fingerprint density at radius 2 is 2.25 bits per heavy atom. The van der Waals surface area contributed by atoms with Gasteiger partial charge in [-0.25, -0.2) is 4.98 Å². The summed E-state index contributed by atoms with van der Waals surface area (Å²) in [7, 11) is 0. The maximum Gasteiger partial charge on any atom is 0.224 e. The van der Waals surface area contributed by atoms with Crippen LogP contribution in [0, 0.1) is 0 Å². The van der Waals surface area contributed by atoms with E-state index < -0.39 is 0 Å². The van der Waals surface area contributed by atoms with Crippen molar-refractivity contribution in [3.05, 3.63) is 40.7 Å². The topological polar surface area (TPSA) is 51.0 Å². The van der Waals surface area contributed by atoms with E-state index in [9.17, 15) is 0 Å². The van der Waals surface area contributed by atoms with Crippen LogP contribution in [0.25, 0.3) is 0 Å². The molecular formula is C10H9Cl2N3O. The molecule has 0 bridgehead atoms. The van der Waals surface area contributed by atoms with E-state index in [4.69, 9.17) is 27.6 Å². The van der Waals surface area contributed by atoms with Crippen molar-refractivity contribution in [1.82, 2.24) is 9.97 Å². The molecule has 2 aromatic heterocycles. The van der Waals surface area contributed by atoms with Crippen LogP contribution in [0.1, 0.15) is 5.76 Å². The predicted octanol–water partition coefficient (Wildman–Crippen LogP) is 3.03. The van der Waals surface area contributed by atoms with Crippen molar-refractivity contribution in [2.75, 3.05) is 11.9 Å². The lowest BCUT2D eigenvalue weighted by molar-refractivity contribution is 0.513. The molecule has 0 aliphatic rings. The molecule has 0 aliphatic carbocycles. The number of anilines is 1. The monoisotopic (exact) mass is 257 g/mol. The van der Waals surface area contributed by atoms with E-state index >= 15 is 0 Å². The minimum Gasteiger partial charge on any atom is -0.469 e. The summed E-state index contributed by atoms with van der Waals surface area (Å²) in [6, 6.07) is 3.76. The van der Waals surface area contributed by atoms with Crippen LogP contribution in [0.15, 0.2) is 29.0 Å². The molecule has 0 saturated carbocycles. The number of hydrogen-bond donors (Lipinski definition) is 1. The molecule has 0 saturated heterocycles. The van der Waals surface area contributed by atoms with Gasteiger partial charge in [0.15, 0.2) is 0 Å². The van der Waals surface area contributed by atoms with Crippen molar-refractivity contribution in [3.63, 3.8) is 0 Å². The molecule has 2 rings (SSSR count). The highest BCUT2D eigenvalue weighted by Crippen LogP contribution is 2.19. The van der Waals surface area contributed by atoms with Crippen LogP contribution in [0.2, 0.25) is 10.3 Å². The number of nitrogens with one attached hydrogen (secondary N) is 1. The fraction of sp³-hybridized carbons (Fsp3) is 0.200. The highest BCUT2D eigenvalue weighted by Gasteiger charge is 2.03. The average molecular weight is 258 g/mol.